The molecule has 1 saturated heterocycles. The van der Waals surface area contributed by atoms with E-state index in [9.17, 15) is 4.79 Å². The Bertz CT molecular complexity index is 581. The van der Waals surface area contributed by atoms with Gasteiger partial charge in [0.2, 0.25) is 0 Å². The normalized spacial score (nSPS) is 21.0. The van der Waals surface area contributed by atoms with Gasteiger partial charge in [0.25, 0.3) is 0 Å². The summed E-state index contributed by atoms with van der Waals surface area (Å²) < 4.78 is 10.3. The van der Waals surface area contributed by atoms with E-state index in [0.717, 1.165) is 12.8 Å². The van der Waals surface area contributed by atoms with E-state index in [2.05, 4.69) is 36.9 Å². The zero-order chi connectivity index (χ0) is 19.5. The van der Waals surface area contributed by atoms with Gasteiger partial charge in [0.15, 0.2) is 6.10 Å². The van der Waals surface area contributed by atoms with Gasteiger partial charge in [-0.1, -0.05) is 81.0 Å². The quantitative estimate of drug-likeness (QED) is 0.173. The van der Waals surface area contributed by atoms with Gasteiger partial charge in [-0.2, -0.15) is 0 Å². The number of ether oxygens (including phenoxy) is 2. The summed E-state index contributed by atoms with van der Waals surface area (Å²) in [4.78, 5) is 11.5. The molecule has 1 fully saturated rings. The Hall–Kier alpha value is -1.61. The van der Waals surface area contributed by atoms with Crippen molar-refractivity contribution >= 4 is 5.97 Å². The highest BCUT2D eigenvalue weighted by molar-refractivity contribution is 5.79. The molecule has 1 aromatic carbocycles. The first-order valence-electron chi connectivity index (χ1n) is 10.5. The Balaban J connectivity index is 1.39. The van der Waals surface area contributed by atoms with Gasteiger partial charge < -0.3 is 9.47 Å². The number of unbranched alkanes of at least 4 members (excludes halogenated alkanes) is 7. The molecule has 0 saturated carbocycles. The Labute approximate surface area is 165 Å². The van der Waals surface area contributed by atoms with Gasteiger partial charge in [-0.15, -0.1) is 0 Å². The molecule has 1 heterocycles. The fourth-order valence-electron chi connectivity index (χ4n) is 3.77. The molecule has 0 unspecified atom stereocenters. The lowest BCUT2D eigenvalue weighted by atomic mass is 9.95. The average molecular weight is 373 g/mol. The first-order valence-corrected chi connectivity index (χ1v) is 10.5. The number of carbonyl (C=O) groups excluding carboxylic acids is 1. The lowest BCUT2D eigenvalue weighted by Crippen LogP contribution is -2.19. The Morgan fingerprint density at radius 1 is 1.04 bits per heavy atom. The predicted octanol–water partition coefficient (Wildman–Crippen LogP) is 6.02. The minimum absolute atomic E-state index is 0.269. The number of hydrogen-bond donors (Lipinski definition) is 0. The Morgan fingerprint density at radius 3 is 2.26 bits per heavy atom. The number of benzene rings is 1. The third kappa shape index (κ3) is 7.88. The van der Waals surface area contributed by atoms with Crippen LogP contribution in [0.5, 0.6) is 0 Å². The lowest BCUT2D eigenvalue weighted by molar-refractivity contribution is -0.142. The highest BCUT2D eigenvalue weighted by Crippen LogP contribution is 2.42. The second kappa shape index (κ2) is 11.3. The van der Waals surface area contributed by atoms with Crippen molar-refractivity contribution in [2.75, 3.05) is 7.11 Å². The number of methoxy groups -OCH3 is 1. The van der Waals surface area contributed by atoms with E-state index in [0.29, 0.717) is 0 Å². The van der Waals surface area contributed by atoms with Gasteiger partial charge in [0, 0.05) is 6.42 Å². The molecule has 0 aromatic heterocycles. The van der Waals surface area contributed by atoms with E-state index < -0.39 is 6.10 Å². The molecule has 1 aliphatic rings. The van der Waals surface area contributed by atoms with Crippen molar-refractivity contribution in [1.29, 1.82) is 0 Å². The van der Waals surface area contributed by atoms with E-state index >= 15 is 0 Å². The summed E-state index contributed by atoms with van der Waals surface area (Å²) in [5.74, 6) is -0.269. The van der Waals surface area contributed by atoms with Crippen molar-refractivity contribution in [1.82, 2.24) is 0 Å². The fourth-order valence-corrected chi connectivity index (χ4v) is 3.77. The maximum Gasteiger partial charge on any atom is 0.338 e. The molecule has 2 rings (SSSR count). The maximum atomic E-state index is 11.5. The van der Waals surface area contributed by atoms with Crippen LogP contribution in [0, 0.1) is 0 Å². The number of esters is 1. The molecule has 1 aromatic rings. The van der Waals surface area contributed by atoms with Gasteiger partial charge in [0.1, 0.15) is 5.60 Å². The topological polar surface area (TPSA) is 38.8 Å². The highest BCUT2D eigenvalue weighted by atomic mass is 16.6. The minimum atomic E-state index is -0.402. The van der Waals surface area contributed by atoms with Crippen LogP contribution in [0.15, 0.2) is 42.5 Å². The van der Waals surface area contributed by atoms with Crippen LogP contribution in [0.2, 0.25) is 0 Å². The van der Waals surface area contributed by atoms with Crippen LogP contribution >= 0.6 is 0 Å². The van der Waals surface area contributed by atoms with E-state index in [4.69, 9.17) is 9.47 Å². The summed E-state index contributed by atoms with van der Waals surface area (Å²) >= 11 is 0. The molecular weight excluding hydrogens is 336 g/mol. The van der Waals surface area contributed by atoms with E-state index in [1.807, 2.05) is 6.92 Å². The van der Waals surface area contributed by atoms with Crippen molar-refractivity contribution in [3.05, 3.63) is 48.0 Å². The largest absolute Gasteiger partial charge is 0.467 e. The predicted molar refractivity (Wildman–Crippen MR) is 111 cm³/mol. The molecule has 0 spiro atoms. The van der Waals surface area contributed by atoms with Crippen LogP contribution in [0.3, 0.4) is 0 Å². The fraction of sp³-hybridized carbons (Fsp3) is 0.625. The maximum absolute atomic E-state index is 11.5. The molecular formula is C24H36O3. The number of rotatable bonds is 14. The van der Waals surface area contributed by atoms with Crippen LogP contribution in [-0.2, 0) is 20.7 Å². The monoisotopic (exact) mass is 372 g/mol. The van der Waals surface area contributed by atoms with Crippen molar-refractivity contribution in [2.24, 2.45) is 0 Å². The third-order valence-electron chi connectivity index (χ3n) is 5.49. The van der Waals surface area contributed by atoms with Crippen LogP contribution in [0.1, 0.15) is 76.7 Å². The summed E-state index contributed by atoms with van der Waals surface area (Å²) in [5.41, 5.74) is 2.26. The summed E-state index contributed by atoms with van der Waals surface area (Å²) in [7, 11) is 1.41. The van der Waals surface area contributed by atoms with Crippen LogP contribution in [0.4, 0.5) is 0 Å². The summed E-state index contributed by atoms with van der Waals surface area (Å²) in [5, 5.41) is 0. The Morgan fingerprint density at radius 2 is 1.63 bits per heavy atom. The SMILES string of the molecule is C=C(CCCCCCCCCCc1ccccc1)C[C@@]1(C)O[C@H]1C(=O)OC. The van der Waals surface area contributed by atoms with Gasteiger partial charge in [-0.05, 0) is 38.2 Å². The lowest BCUT2D eigenvalue weighted by Gasteiger charge is -2.09. The van der Waals surface area contributed by atoms with Crippen molar-refractivity contribution in [3.63, 3.8) is 0 Å². The first kappa shape index (κ1) is 21.7. The number of carbonyl (C=O) groups is 1. The zero-order valence-corrected chi connectivity index (χ0v) is 17.2. The van der Waals surface area contributed by atoms with E-state index in [1.165, 1.54) is 76.0 Å². The number of epoxide rings is 1. The summed E-state index contributed by atoms with van der Waals surface area (Å²) in [6.45, 7) is 6.13. The van der Waals surface area contributed by atoms with Gasteiger partial charge in [-0.25, -0.2) is 4.79 Å². The van der Waals surface area contributed by atoms with Gasteiger partial charge in [0.05, 0.1) is 7.11 Å². The van der Waals surface area contributed by atoms with Crippen molar-refractivity contribution in [2.45, 2.75) is 89.3 Å². The molecule has 27 heavy (non-hydrogen) atoms. The number of aryl methyl sites for hydroxylation is 1. The van der Waals surface area contributed by atoms with Crippen LogP contribution in [0.25, 0.3) is 0 Å². The third-order valence-corrected chi connectivity index (χ3v) is 5.49. The second-order valence-electron chi connectivity index (χ2n) is 8.07. The summed E-state index contributed by atoms with van der Waals surface area (Å²) in [6.07, 6.45) is 13.0. The molecule has 3 nitrogen and oxygen atoms in total. The van der Waals surface area contributed by atoms with Gasteiger partial charge in [-0.3, -0.25) is 0 Å². The zero-order valence-electron chi connectivity index (χ0n) is 17.2. The molecule has 3 heteroatoms. The second-order valence-corrected chi connectivity index (χ2v) is 8.07. The van der Waals surface area contributed by atoms with Crippen molar-refractivity contribution in [3.8, 4) is 0 Å². The first-order chi connectivity index (χ1) is 13.0. The molecule has 0 aliphatic carbocycles. The van der Waals surface area contributed by atoms with Crippen LogP contribution < -0.4 is 0 Å². The van der Waals surface area contributed by atoms with E-state index in [-0.39, 0.29) is 11.6 Å². The molecule has 150 valence electrons. The molecule has 2 atom stereocenters. The minimum Gasteiger partial charge on any atom is -0.467 e. The van der Waals surface area contributed by atoms with Crippen molar-refractivity contribution < 1.29 is 14.3 Å². The molecule has 0 bridgehead atoms. The Kier molecular flexibility index (Phi) is 9.06. The average Bonchev–Trinajstić information content (AvgIpc) is 3.34. The molecule has 1 aliphatic heterocycles. The van der Waals surface area contributed by atoms with E-state index in [1.54, 1.807) is 0 Å². The van der Waals surface area contributed by atoms with Crippen LogP contribution in [-0.4, -0.2) is 24.8 Å². The molecule has 0 N–H and O–H groups in total. The highest BCUT2D eigenvalue weighted by Gasteiger charge is 2.57. The smallest absolute Gasteiger partial charge is 0.338 e. The standard InChI is InChI=1S/C24H36O3/c1-20(19-24(2)22(27-24)23(25)26-3)15-11-8-6-4-5-7-9-12-16-21-17-13-10-14-18-21/h10,13-14,17-18,22H,1,4-9,11-12,15-16,19H2,2-3H3/t22-,24+/m0/s1. The summed E-state index contributed by atoms with van der Waals surface area (Å²) in [6, 6.07) is 10.8. The molecule has 0 radical (unpaired) electrons. The number of hydrogen-bond acceptors (Lipinski definition) is 3. The molecule has 0 amide bonds. The van der Waals surface area contributed by atoms with Gasteiger partial charge >= 0.3 is 5.97 Å².